The van der Waals surface area contributed by atoms with Crippen LogP contribution in [0.5, 0.6) is 0 Å². The molecule has 0 unspecified atom stereocenters. The van der Waals surface area contributed by atoms with Crippen LogP contribution in [0.3, 0.4) is 0 Å². The molecule has 0 bridgehead atoms. The molecule has 15 nitrogen and oxygen atoms in total. The van der Waals surface area contributed by atoms with E-state index in [9.17, 15) is 34.6 Å². The number of amides is 2. The van der Waals surface area contributed by atoms with Crippen LogP contribution in [0.15, 0.2) is 0 Å². The molecule has 32 heavy (non-hydrogen) atoms. The van der Waals surface area contributed by atoms with Crippen molar-refractivity contribution in [2.24, 2.45) is 0 Å². The number of nitrogens with zero attached hydrogens (tertiary/aromatic N) is 3. The van der Waals surface area contributed by atoms with Crippen LogP contribution in [0.2, 0.25) is 0 Å². The molecule has 0 heterocycles. The van der Waals surface area contributed by atoms with Crippen LogP contribution in [0, 0.1) is 20.2 Å². The topological polar surface area (TPSA) is 190 Å². The maximum atomic E-state index is 12.6. The predicted octanol–water partition coefficient (Wildman–Crippen LogP) is 0.567. The monoisotopic (exact) mass is 466 g/mol. The summed E-state index contributed by atoms with van der Waals surface area (Å²) in [4.78, 5) is 70.9. The lowest BCUT2D eigenvalue weighted by Gasteiger charge is -2.33. The molecular formula is C17H30N4O11. The molecule has 0 aromatic carbocycles. The number of carbonyl (C=O) groups is 3. The Bertz CT molecular complexity index is 654. The summed E-state index contributed by atoms with van der Waals surface area (Å²) in [5.74, 6) is -1.55. The van der Waals surface area contributed by atoms with Crippen LogP contribution in [0.4, 0.5) is 0 Å². The van der Waals surface area contributed by atoms with Crippen LogP contribution in [-0.4, -0.2) is 70.0 Å². The normalized spacial score (nSPS) is 12.5. The molecule has 0 aromatic rings. The highest BCUT2D eigenvalue weighted by atomic mass is 17.0. The van der Waals surface area contributed by atoms with Crippen molar-refractivity contribution in [3.05, 3.63) is 20.2 Å². The summed E-state index contributed by atoms with van der Waals surface area (Å²) < 4.78 is 5.30. The van der Waals surface area contributed by atoms with Crippen molar-refractivity contribution in [1.82, 2.24) is 10.4 Å². The first kappa shape index (κ1) is 28.8. The highest BCUT2D eigenvalue weighted by Gasteiger charge is 2.33. The summed E-state index contributed by atoms with van der Waals surface area (Å²) in [6.07, 6.45) is -0.292. The zero-order valence-corrected chi connectivity index (χ0v) is 18.9. The lowest BCUT2D eigenvalue weighted by molar-refractivity contribution is -0.766. The van der Waals surface area contributed by atoms with E-state index in [0.717, 1.165) is 5.06 Å². The van der Waals surface area contributed by atoms with E-state index in [1.807, 2.05) is 0 Å². The van der Waals surface area contributed by atoms with Crippen LogP contribution < -0.4 is 5.32 Å². The van der Waals surface area contributed by atoms with Crippen molar-refractivity contribution in [1.29, 1.82) is 0 Å². The van der Waals surface area contributed by atoms with Gasteiger partial charge in [0.2, 0.25) is 12.3 Å². The van der Waals surface area contributed by atoms with E-state index < -0.39 is 58.5 Å². The number of hydroxylamine groups is 2. The number of hydrogen-bond acceptors (Lipinski definition) is 11. The third kappa shape index (κ3) is 13.9. The van der Waals surface area contributed by atoms with Crippen LogP contribution in [-0.2, 0) is 33.6 Å². The van der Waals surface area contributed by atoms with E-state index in [1.54, 1.807) is 41.5 Å². The van der Waals surface area contributed by atoms with Gasteiger partial charge in [0.25, 0.3) is 10.2 Å². The zero-order valence-electron chi connectivity index (χ0n) is 18.9. The minimum absolute atomic E-state index is 0.228. The molecule has 1 atom stereocenters. The van der Waals surface area contributed by atoms with Crippen molar-refractivity contribution in [3.8, 4) is 0 Å². The first-order valence-corrected chi connectivity index (χ1v) is 9.53. The smallest absolute Gasteiger partial charge is 0.332 e. The van der Waals surface area contributed by atoms with Crippen molar-refractivity contribution in [2.75, 3.05) is 13.2 Å². The fourth-order valence-electron chi connectivity index (χ4n) is 2.19. The Balaban J connectivity index is 5.29. The summed E-state index contributed by atoms with van der Waals surface area (Å²) in [5.41, 5.74) is -1.72. The van der Waals surface area contributed by atoms with Crippen LogP contribution in [0.1, 0.15) is 54.4 Å². The molecule has 0 radical (unpaired) electrons. The predicted molar refractivity (Wildman–Crippen MR) is 105 cm³/mol. The van der Waals surface area contributed by atoms with Gasteiger partial charge in [0.05, 0.1) is 11.6 Å². The summed E-state index contributed by atoms with van der Waals surface area (Å²) >= 11 is 0. The second kappa shape index (κ2) is 12.6. The van der Waals surface area contributed by atoms with Crippen LogP contribution in [0.25, 0.3) is 0 Å². The molecule has 0 aliphatic heterocycles. The largest absolute Gasteiger partial charge is 0.458 e. The van der Waals surface area contributed by atoms with Gasteiger partial charge < -0.3 is 19.7 Å². The fraction of sp³-hybridized carbons (Fsp3) is 0.824. The van der Waals surface area contributed by atoms with Crippen molar-refractivity contribution < 1.29 is 43.8 Å². The fourth-order valence-corrected chi connectivity index (χ4v) is 2.19. The highest BCUT2D eigenvalue weighted by Crippen LogP contribution is 2.18. The van der Waals surface area contributed by atoms with Gasteiger partial charge in [0.15, 0.2) is 6.04 Å². The number of nitrogens with one attached hydrogen (secondary N) is 1. The number of ether oxygens (including phenoxy) is 1. The lowest BCUT2D eigenvalue weighted by atomic mass is 10.1. The second-order valence-electron chi connectivity index (χ2n) is 8.56. The summed E-state index contributed by atoms with van der Waals surface area (Å²) in [7, 11) is 0. The molecule has 0 saturated heterocycles. The van der Waals surface area contributed by atoms with Gasteiger partial charge in [-0.15, -0.1) is 20.2 Å². The Labute approximate surface area is 184 Å². The Morgan fingerprint density at radius 2 is 1.50 bits per heavy atom. The van der Waals surface area contributed by atoms with E-state index in [-0.39, 0.29) is 19.3 Å². The van der Waals surface area contributed by atoms with Gasteiger partial charge in [-0.05, 0) is 48.0 Å². The second-order valence-corrected chi connectivity index (χ2v) is 8.56. The standard InChI is InChI=1S/C17H30N4O11/c1-16(2,3)31-15(24)13(19(11-22)32-17(4,5)6)7-8-14(23)18-12(9-29-20(25)26)10-30-21(27)28/h11-13H,7-10H2,1-6H3,(H,18,23)/t13-/m0/s1. The van der Waals surface area contributed by atoms with E-state index in [2.05, 4.69) is 15.0 Å². The molecule has 0 aromatic heterocycles. The molecule has 2 amide bonds. The first-order valence-electron chi connectivity index (χ1n) is 9.53. The van der Waals surface area contributed by atoms with Gasteiger partial charge >= 0.3 is 5.97 Å². The van der Waals surface area contributed by atoms with E-state index in [1.165, 1.54) is 0 Å². The zero-order chi connectivity index (χ0) is 25.1. The molecule has 0 aliphatic rings. The third-order valence-corrected chi connectivity index (χ3v) is 3.24. The molecule has 0 rings (SSSR count). The first-order chi connectivity index (χ1) is 14.5. The number of esters is 1. The Hall–Kier alpha value is -3.23. The highest BCUT2D eigenvalue weighted by molar-refractivity contribution is 5.81. The minimum atomic E-state index is -1.28. The molecular weight excluding hydrogens is 436 g/mol. The van der Waals surface area contributed by atoms with Gasteiger partial charge in [-0.3, -0.25) is 14.4 Å². The van der Waals surface area contributed by atoms with Gasteiger partial charge in [0.1, 0.15) is 18.8 Å². The Kier molecular flexibility index (Phi) is 11.3. The SMILES string of the molecule is CC(C)(C)OC(=O)[C@H](CCC(=O)NC(CO[N+](=O)[O-])CO[N+](=O)[O-])N(C=O)OC(C)(C)C. The van der Waals surface area contributed by atoms with E-state index in [4.69, 9.17) is 9.57 Å². The summed E-state index contributed by atoms with van der Waals surface area (Å²) in [6.45, 7) is 8.43. The summed E-state index contributed by atoms with van der Waals surface area (Å²) in [6, 6.07) is -2.49. The lowest BCUT2D eigenvalue weighted by Crippen LogP contribution is -2.48. The number of hydrogen-bond donors (Lipinski definition) is 1. The van der Waals surface area contributed by atoms with Gasteiger partial charge in [0, 0.05) is 6.42 Å². The summed E-state index contributed by atoms with van der Waals surface area (Å²) in [5, 5.41) is 21.5. The number of carbonyl (C=O) groups excluding carboxylic acids is 3. The minimum Gasteiger partial charge on any atom is -0.458 e. The van der Waals surface area contributed by atoms with Crippen molar-refractivity contribution in [2.45, 2.75) is 77.7 Å². The molecule has 0 saturated carbocycles. The number of rotatable bonds is 14. The van der Waals surface area contributed by atoms with Crippen molar-refractivity contribution in [3.63, 3.8) is 0 Å². The maximum absolute atomic E-state index is 12.6. The van der Waals surface area contributed by atoms with Gasteiger partial charge in [-0.25, -0.2) is 9.86 Å². The molecule has 0 fully saturated rings. The average molecular weight is 466 g/mol. The van der Waals surface area contributed by atoms with E-state index >= 15 is 0 Å². The third-order valence-electron chi connectivity index (χ3n) is 3.24. The van der Waals surface area contributed by atoms with Crippen molar-refractivity contribution >= 4 is 18.3 Å². The molecule has 0 aliphatic carbocycles. The van der Waals surface area contributed by atoms with E-state index in [0.29, 0.717) is 0 Å². The van der Waals surface area contributed by atoms with Gasteiger partial charge in [-0.2, -0.15) is 0 Å². The van der Waals surface area contributed by atoms with Gasteiger partial charge in [-0.1, -0.05) is 0 Å². The average Bonchev–Trinajstić information content (AvgIpc) is 2.60. The molecule has 1 N–H and O–H groups in total. The maximum Gasteiger partial charge on any atom is 0.332 e. The molecule has 184 valence electrons. The quantitative estimate of drug-likeness (QED) is 0.163. The molecule has 15 heteroatoms. The Morgan fingerprint density at radius 3 is 1.88 bits per heavy atom. The van der Waals surface area contributed by atoms with Crippen LogP contribution >= 0.6 is 0 Å². The molecule has 0 spiro atoms. The Morgan fingerprint density at radius 1 is 1.00 bits per heavy atom.